The summed E-state index contributed by atoms with van der Waals surface area (Å²) in [6.07, 6.45) is 2.95. The number of aromatic nitrogens is 5. The molecule has 0 unspecified atom stereocenters. The van der Waals surface area contributed by atoms with Crippen LogP contribution in [-0.4, -0.2) is 41.3 Å². The summed E-state index contributed by atoms with van der Waals surface area (Å²) in [4.78, 5) is 45.6. The molecule has 1 amide bonds. The van der Waals surface area contributed by atoms with Crippen LogP contribution in [0.1, 0.15) is 0 Å². The number of hydrogen-bond donors (Lipinski definition) is 2. The number of H-pyrrole nitrogens is 1. The first-order valence-electron chi connectivity index (χ1n) is 8.06. The van der Waals surface area contributed by atoms with Crippen molar-refractivity contribution in [2.45, 2.75) is 5.16 Å². The van der Waals surface area contributed by atoms with Crippen LogP contribution in [0.15, 0.2) is 52.0 Å². The molecule has 0 aliphatic heterocycles. The Balaban J connectivity index is 1.58. The van der Waals surface area contributed by atoms with E-state index in [1.165, 1.54) is 46.5 Å². The number of hydrogen-bond acceptors (Lipinski definition) is 9. The molecule has 0 radical (unpaired) electrons. The molecule has 13 heteroatoms. The minimum atomic E-state index is -0.501. The first-order chi connectivity index (χ1) is 14.0. The highest BCUT2D eigenvalue weighted by Crippen LogP contribution is 2.20. The SMILES string of the molecule is O=C(CSc1nc2c(cnn2-c2ccc([N+](=O)[O-])cc2)c(=O)[nH]1)Nc1nccs1. The van der Waals surface area contributed by atoms with E-state index in [0.717, 1.165) is 11.8 Å². The lowest BCUT2D eigenvalue weighted by molar-refractivity contribution is -0.384. The number of nitrogens with one attached hydrogen (secondary N) is 2. The Morgan fingerprint density at radius 1 is 1.34 bits per heavy atom. The molecule has 0 saturated heterocycles. The van der Waals surface area contributed by atoms with Crippen molar-refractivity contribution in [1.82, 2.24) is 24.7 Å². The molecule has 1 aromatic carbocycles. The van der Waals surface area contributed by atoms with Crippen LogP contribution in [0.4, 0.5) is 10.8 Å². The first-order valence-corrected chi connectivity index (χ1v) is 9.93. The Bertz CT molecular complexity index is 1250. The Morgan fingerprint density at radius 2 is 2.14 bits per heavy atom. The van der Waals surface area contributed by atoms with Crippen molar-refractivity contribution < 1.29 is 9.72 Å². The number of carbonyl (C=O) groups is 1. The number of nitro groups is 1. The molecule has 0 aliphatic carbocycles. The number of carbonyl (C=O) groups excluding carboxylic acids is 1. The fourth-order valence-corrected chi connectivity index (χ4v) is 3.65. The van der Waals surface area contributed by atoms with E-state index in [1.54, 1.807) is 11.6 Å². The van der Waals surface area contributed by atoms with Gasteiger partial charge in [-0.25, -0.2) is 14.6 Å². The number of rotatable bonds is 6. The highest BCUT2D eigenvalue weighted by atomic mass is 32.2. The van der Waals surface area contributed by atoms with Gasteiger partial charge in [-0.2, -0.15) is 5.10 Å². The molecule has 0 aliphatic rings. The van der Waals surface area contributed by atoms with Crippen LogP contribution >= 0.6 is 23.1 Å². The zero-order chi connectivity index (χ0) is 20.4. The lowest BCUT2D eigenvalue weighted by atomic mass is 10.3. The quantitative estimate of drug-likeness (QED) is 0.205. The van der Waals surface area contributed by atoms with E-state index in [0.29, 0.717) is 10.8 Å². The molecular formula is C16H11N7O4S2. The molecule has 4 rings (SSSR count). The normalized spacial score (nSPS) is 10.9. The molecular weight excluding hydrogens is 418 g/mol. The van der Waals surface area contributed by atoms with Crippen molar-refractivity contribution in [2.75, 3.05) is 11.1 Å². The van der Waals surface area contributed by atoms with E-state index >= 15 is 0 Å². The predicted octanol–water partition coefficient (Wildman–Crippen LogP) is 2.20. The van der Waals surface area contributed by atoms with Gasteiger partial charge in [-0.05, 0) is 12.1 Å². The largest absolute Gasteiger partial charge is 0.301 e. The third kappa shape index (κ3) is 4.00. The highest BCUT2D eigenvalue weighted by molar-refractivity contribution is 7.99. The maximum absolute atomic E-state index is 12.3. The van der Waals surface area contributed by atoms with Crippen LogP contribution in [0.25, 0.3) is 16.7 Å². The van der Waals surface area contributed by atoms with Gasteiger partial charge in [-0.15, -0.1) is 11.3 Å². The maximum atomic E-state index is 12.3. The molecule has 0 fully saturated rings. The van der Waals surface area contributed by atoms with Crippen molar-refractivity contribution in [3.05, 3.63) is 62.5 Å². The molecule has 0 atom stereocenters. The molecule has 11 nitrogen and oxygen atoms in total. The van der Waals surface area contributed by atoms with Crippen LogP contribution in [0.2, 0.25) is 0 Å². The lowest BCUT2D eigenvalue weighted by Gasteiger charge is -2.05. The standard InChI is InChI=1S/C16H11N7O4S2/c24-12(19-15-17-5-6-28-15)8-29-16-20-13-11(14(25)21-16)7-18-22(13)9-1-3-10(4-2-9)23(26)27/h1-7H,8H2,(H,17,19,24)(H,20,21,25). The summed E-state index contributed by atoms with van der Waals surface area (Å²) in [7, 11) is 0. The number of thioether (sulfide) groups is 1. The molecule has 29 heavy (non-hydrogen) atoms. The molecule has 4 aromatic rings. The van der Waals surface area contributed by atoms with Gasteiger partial charge in [-0.3, -0.25) is 19.7 Å². The van der Waals surface area contributed by atoms with Crippen LogP contribution in [0.5, 0.6) is 0 Å². The smallest absolute Gasteiger partial charge is 0.269 e. The molecule has 146 valence electrons. The van der Waals surface area contributed by atoms with Gasteiger partial charge in [0.1, 0.15) is 5.39 Å². The summed E-state index contributed by atoms with van der Waals surface area (Å²) in [6.45, 7) is 0. The molecule has 3 heterocycles. The molecule has 0 saturated carbocycles. The molecule has 3 aromatic heterocycles. The number of amides is 1. The average Bonchev–Trinajstić information content (AvgIpc) is 3.36. The number of thiazole rings is 1. The van der Waals surface area contributed by atoms with E-state index in [9.17, 15) is 19.7 Å². The van der Waals surface area contributed by atoms with Crippen molar-refractivity contribution in [3.63, 3.8) is 0 Å². The Labute approximate surface area is 170 Å². The van der Waals surface area contributed by atoms with Gasteiger partial charge in [0.25, 0.3) is 11.2 Å². The zero-order valence-electron chi connectivity index (χ0n) is 14.4. The monoisotopic (exact) mass is 429 g/mol. The third-order valence-corrected chi connectivity index (χ3v) is 5.30. The number of aromatic amines is 1. The van der Waals surface area contributed by atoms with Gasteiger partial charge < -0.3 is 10.3 Å². The summed E-state index contributed by atoms with van der Waals surface area (Å²) >= 11 is 2.36. The van der Waals surface area contributed by atoms with Crippen molar-refractivity contribution in [3.8, 4) is 5.69 Å². The third-order valence-electron chi connectivity index (χ3n) is 3.74. The summed E-state index contributed by atoms with van der Waals surface area (Å²) in [5.74, 6) is -0.253. The minimum Gasteiger partial charge on any atom is -0.301 e. The van der Waals surface area contributed by atoms with Crippen LogP contribution < -0.4 is 10.9 Å². The number of benzene rings is 1. The molecule has 2 N–H and O–H groups in total. The van der Waals surface area contributed by atoms with E-state index < -0.39 is 10.5 Å². The van der Waals surface area contributed by atoms with Gasteiger partial charge in [0.2, 0.25) is 5.91 Å². The van der Waals surface area contributed by atoms with Gasteiger partial charge in [-0.1, -0.05) is 11.8 Å². The van der Waals surface area contributed by atoms with E-state index in [2.05, 4.69) is 25.4 Å². The van der Waals surface area contributed by atoms with Gasteiger partial charge in [0.05, 0.1) is 22.6 Å². The van der Waals surface area contributed by atoms with Crippen LogP contribution in [0, 0.1) is 10.1 Å². The van der Waals surface area contributed by atoms with E-state index in [-0.39, 0.29) is 33.5 Å². The minimum absolute atomic E-state index is 0.0275. The second-order valence-corrected chi connectivity index (χ2v) is 7.47. The average molecular weight is 429 g/mol. The van der Waals surface area contributed by atoms with Crippen molar-refractivity contribution in [1.29, 1.82) is 0 Å². The predicted molar refractivity (Wildman–Crippen MR) is 108 cm³/mol. The summed E-state index contributed by atoms with van der Waals surface area (Å²) in [5, 5.41) is 20.4. The first kappa shape index (κ1) is 18.8. The van der Waals surface area contributed by atoms with E-state index in [1.807, 2.05) is 0 Å². The summed E-state index contributed by atoms with van der Waals surface area (Å²) in [5.41, 5.74) is 0.344. The fraction of sp³-hybridized carbons (Fsp3) is 0.0625. The van der Waals surface area contributed by atoms with Crippen LogP contribution in [0.3, 0.4) is 0 Å². The van der Waals surface area contributed by atoms with E-state index in [4.69, 9.17) is 0 Å². The maximum Gasteiger partial charge on any atom is 0.269 e. The number of anilines is 1. The summed E-state index contributed by atoms with van der Waals surface area (Å²) < 4.78 is 1.41. The Kier molecular flexibility index (Phi) is 5.05. The number of nitrogens with zero attached hydrogens (tertiary/aromatic N) is 5. The van der Waals surface area contributed by atoms with Crippen LogP contribution in [-0.2, 0) is 4.79 Å². The highest BCUT2D eigenvalue weighted by Gasteiger charge is 2.14. The number of fused-ring (bicyclic) bond motifs is 1. The fourth-order valence-electron chi connectivity index (χ4n) is 2.45. The molecule has 0 bridgehead atoms. The lowest BCUT2D eigenvalue weighted by Crippen LogP contribution is -2.15. The Hall–Kier alpha value is -3.58. The second-order valence-electron chi connectivity index (χ2n) is 5.61. The number of non-ortho nitro benzene ring substituents is 1. The molecule has 0 spiro atoms. The van der Waals surface area contributed by atoms with Gasteiger partial charge in [0, 0.05) is 23.7 Å². The Morgan fingerprint density at radius 3 is 2.83 bits per heavy atom. The van der Waals surface area contributed by atoms with Gasteiger partial charge >= 0.3 is 0 Å². The summed E-state index contributed by atoms with van der Waals surface area (Å²) in [6, 6.07) is 5.72. The van der Waals surface area contributed by atoms with Crippen molar-refractivity contribution >= 4 is 50.9 Å². The second kappa shape index (κ2) is 7.81. The van der Waals surface area contributed by atoms with Crippen molar-refractivity contribution in [2.24, 2.45) is 0 Å². The number of nitro benzene ring substituents is 1. The zero-order valence-corrected chi connectivity index (χ0v) is 16.1. The topological polar surface area (TPSA) is 149 Å². The van der Waals surface area contributed by atoms with Gasteiger partial charge in [0.15, 0.2) is 15.9 Å².